The van der Waals surface area contributed by atoms with E-state index in [9.17, 15) is 18.0 Å². The fourth-order valence-electron chi connectivity index (χ4n) is 3.13. The summed E-state index contributed by atoms with van der Waals surface area (Å²) in [7, 11) is 0. The predicted molar refractivity (Wildman–Crippen MR) is 104 cm³/mol. The normalized spacial score (nSPS) is 13.8. The molecule has 1 amide bonds. The number of anilines is 1. The lowest BCUT2D eigenvalue weighted by atomic mass is 10.1. The van der Waals surface area contributed by atoms with Crippen LogP contribution in [0.15, 0.2) is 42.6 Å². The number of fused-ring (bicyclic) bond motifs is 1. The van der Waals surface area contributed by atoms with Crippen LogP contribution in [0.5, 0.6) is 0 Å². The highest BCUT2D eigenvalue weighted by Gasteiger charge is 2.30. The van der Waals surface area contributed by atoms with E-state index < -0.39 is 11.7 Å². The molecular formula is C20H17F3N4OS. The lowest BCUT2D eigenvalue weighted by molar-refractivity contribution is -0.137. The minimum absolute atomic E-state index is 0.307. The number of carbonyl (C=O) groups is 1. The Labute approximate surface area is 169 Å². The van der Waals surface area contributed by atoms with E-state index in [0.29, 0.717) is 22.8 Å². The van der Waals surface area contributed by atoms with Crippen LogP contribution >= 0.6 is 11.3 Å². The van der Waals surface area contributed by atoms with Crippen LogP contribution in [-0.2, 0) is 25.6 Å². The number of nitrogens with zero attached hydrogens (tertiary/aromatic N) is 2. The van der Waals surface area contributed by atoms with Gasteiger partial charge in [-0.1, -0.05) is 24.3 Å². The van der Waals surface area contributed by atoms with Crippen LogP contribution in [0.2, 0.25) is 0 Å². The molecule has 4 rings (SSSR count). The van der Waals surface area contributed by atoms with Crippen molar-refractivity contribution in [3.8, 4) is 0 Å². The Morgan fingerprint density at radius 1 is 1.24 bits per heavy atom. The minimum atomic E-state index is -4.37. The van der Waals surface area contributed by atoms with Gasteiger partial charge in [0.15, 0.2) is 5.13 Å². The lowest BCUT2D eigenvalue weighted by Crippen LogP contribution is -2.25. The van der Waals surface area contributed by atoms with Gasteiger partial charge >= 0.3 is 6.18 Å². The summed E-state index contributed by atoms with van der Waals surface area (Å²) in [4.78, 5) is 21.8. The molecule has 3 aromatic rings. The number of hydrogen-bond donors (Lipinski definition) is 2. The average Bonchev–Trinajstić information content (AvgIpc) is 3.13. The Morgan fingerprint density at radius 2 is 2.10 bits per heavy atom. The van der Waals surface area contributed by atoms with Crippen molar-refractivity contribution in [2.75, 3.05) is 11.9 Å². The Balaban J connectivity index is 1.44. The summed E-state index contributed by atoms with van der Waals surface area (Å²) in [5.41, 5.74) is 2.18. The quantitative estimate of drug-likeness (QED) is 0.671. The highest BCUT2D eigenvalue weighted by atomic mass is 32.1. The van der Waals surface area contributed by atoms with Crippen LogP contribution in [0.3, 0.4) is 0 Å². The third-order valence-electron chi connectivity index (χ3n) is 4.56. The van der Waals surface area contributed by atoms with E-state index in [0.717, 1.165) is 47.8 Å². The number of nitrogens with one attached hydrogen (secondary N) is 2. The molecule has 0 atom stereocenters. The molecule has 0 fully saturated rings. The Kier molecular flexibility index (Phi) is 5.33. The van der Waals surface area contributed by atoms with Gasteiger partial charge in [-0.15, -0.1) is 11.3 Å². The predicted octanol–water partition coefficient (Wildman–Crippen LogP) is 4.05. The number of carbonyl (C=O) groups excluding carboxylic acids is 1. The van der Waals surface area contributed by atoms with Crippen LogP contribution in [0, 0.1) is 0 Å². The maximum atomic E-state index is 12.9. The Bertz CT molecular complexity index is 1050. The number of amides is 1. The van der Waals surface area contributed by atoms with Crippen LogP contribution in [0.4, 0.5) is 18.3 Å². The molecule has 2 aromatic heterocycles. The van der Waals surface area contributed by atoms with Crippen molar-refractivity contribution < 1.29 is 18.0 Å². The van der Waals surface area contributed by atoms with E-state index in [4.69, 9.17) is 0 Å². The summed E-state index contributed by atoms with van der Waals surface area (Å²) in [6.45, 7) is 1.58. The molecule has 0 spiro atoms. The SMILES string of the molecule is O=C(Nc1ncc(Cc2cccc(C(F)(F)F)c2)s1)c1ccc2c(n1)CCNC2. The van der Waals surface area contributed by atoms with E-state index in [1.54, 1.807) is 18.3 Å². The van der Waals surface area contributed by atoms with Crippen molar-refractivity contribution in [2.45, 2.75) is 25.6 Å². The molecule has 29 heavy (non-hydrogen) atoms. The molecule has 1 aliphatic rings. The van der Waals surface area contributed by atoms with Crippen molar-refractivity contribution in [2.24, 2.45) is 0 Å². The van der Waals surface area contributed by atoms with Crippen LogP contribution < -0.4 is 10.6 Å². The minimum Gasteiger partial charge on any atom is -0.312 e. The zero-order chi connectivity index (χ0) is 20.4. The van der Waals surface area contributed by atoms with Gasteiger partial charge in [0.1, 0.15) is 5.69 Å². The number of thiazole rings is 1. The number of hydrogen-bond acceptors (Lipinski definition) is 5. The number of benzene rings is 1. The third-order valence-corrected chi connectivity index (χ3v) is 5.47. The number of halogens is 3. The molecule has 0 aliphatic carbocycles. The van der Waals surface area contributed by atoms with Crippen LogP contribution in [0.25, 0.3) is 0 Å². The van der Waals surface area contributed by atoms with E-state index in [1.165, 1.54) is 17.4 Å². The highest BCUT2D eigenvalue weighted by Crippen LogP contribution is 2.30. The summed E-state index contributed by atoms with van der Waals surface area (Å²) in [6.07, 6.45) is -1.73. The summed E-state index contributed by atoms with van der Waals surface area (Å²) < 4.78 is 38.6. The van der Waals surface area contributed by atoms with E-state index in [1.807, 2.05) is 6.07 Å². The molecule has 150 valence electrons. The Morgan fingerprint density at radius 3 is 2.93 bits per heavy atom. The fraction of sp³-hybridized carbons (Fsp3) is 0.250. The van der Waals surface area contributed by atoms with Gasteiger partial charge in [0.05, 0.1) is 5.56 Å². The van der Waals surface area contributed by atoms with Gasteiger partial charge in [-0.2, -0.15) is 13.2 Å². The van der Waals surface area contributed by atoms with Gasteiger partial charge in [-0.05, 0) is 23.3 Å². The van der Waals surface area contributed by atoms with E-state index in [2.05, 4.69) is 20.6 Å². The zero-order valence-corrected chi connectivity index (χ0v) is 16.0. The molecule has 3 heterocycles. The molecular weight excluding hydrogens is 401 g/mol. The monoisotopic (exact) mass is 418 g/mol. The number of rotatable bonds is 4. The largest absolute Gasteiger partial charge is 0.416 e. The molecule has 0 bridgehead atoms. The van der Waals surface area contributed by atoms with Gasteiger partial charge in [0.2, 0.25) is 0 Å². The summed E-state index contributed by atoms with van der Waals surface area (Å²) >= 11 is 1.23. The lowest BCUT2D eigenvalue weighted by Gasteiger charge is -2.16. The van der Waals surface area contributed by atoms with Gasteiger partial charge in [0.25, 0.3) is 5.91 Å². The van der Waals surface area contributed by atoms with E-state index in [-0.39, 0.29) is 5.91 Å². The molecule has 0 unspecified atom stereocenters. The van der Waals surface area contributed by atoms with Crippen LogP contribution in [-0.4, -0.2) is 22.4 Å². The molecule has 0 saturated heterocycles. The molecule has 0 radical (unpaired) electrons. The first-order chi connectivity index (χ1) is 13.9. The summed E-state index contributed by atoms with van der Waals surface area (Å²) in [5.74, 6) is -0.355. The van der Waals surface area contributed by atoms with Crippen molar-refractivity contribution in [1.82, 2.24) is 15.3 Å². The number of alkyl halides is 3. The number of pyridine rings is 1. The van der Waals surface area contributed by atoms with Gasteiger partial charge in [-0.25, -0.2) is 9.97 Å². The standard InChI is InChI=1S/C20H17F3N4OS/c21-20(22,23)14-3-1-2-12(8-14)9-15-11-25-19(29-15)27-18(28)17-5-4-13-10-24-7-6-16(13)26-17/h1-5,8,11,24H,6-7,9-10H2,(H,25,27,28). The molecule has 9 heteroatoms. The molecule has 1 aromatic carbocycles. The second-order valence-corrected chi connectivity index (χ2v) is 7.81. The molecule has 0 saturated carbocycles. The maximum absolute atomic E-state index is 12.9. The smallest absolute Gasteiger partial charge is 0.312 e. The first-order valence-electron chi connectivity index (χ1n) is 9.00. The van der Waals surface area contributed by atoms with E-state index >= 15 is 0 Å². The van der Waals surface area contributed by atoms with Gasteiger partial charge < -0.3 is 5.32 Å². The first kappa shape index (κ1) is 19.5. The average molecular weight is 418 g/mol. The molecule has 5 nitrogen and oxygen atoms in total. The van der Waals surface area contributed by atoms with Crippen molar-refractivity contribution in [1.29, 1.82) is 0 Å². The first-order valence-corrected chi connectivity index (χ1v) is 9.82. The van der Waals surface area contributed by atoms with Gasteiger partial charge in [0, 0.05) is 42.7 Å². The summed E-state index contributed by atoms with van der Waals surface area (Å²) in [6, 6.07) is 8.77. The van der Waals surface area contributed by atoms with Gasteiger partial charge in [-0.3, -0.25) is 10.1 Å². The highest BCUT2D eigenvalue weighted by molar-refractivity contribution is 7.15. The third kappa shape index (κ3) is 4.63. The maximum Gasteiger partial charge on any atom is 0.416 e. The fourth-order valence-corrected chi connectivity index (χ4v) is 3.97. The van der Waals surface area contributed by atoms with Crippen molar-refractivity contribution in [3.63, 3.8) is 0 Å². The second-order valence-electron chi connectivity index (χ2n) is 6.69. The van der Waals surface area contributed by atoms with Crippen molar-refractivity contribution in [3.05, 3.63) is 75.6 Å². The van der Waals surface area contributed by atoms with Crippen LogP contribution in [0.1, 0.15) is 37.7 Å². The number of aromatic nitrogens is 2. The second kappa shape index (κ2) is 7.92. The molecule has 1 aliphatic heterocycles. The summed E-state index contributed by atoms with van der Waals surface area (Å²) in [5, 5.41) is 6.36. The zero-order valence-electron chi connectivity index (χ0n) is 15.2. The molecule has 2 N–H and O–H groups in total. The topological polar surface area (TPSA) is 66.9 Å². The van der Waals surface area contributed by atoms with Crippen molar-refractivity contribution >= 4 is 22.4 Å². The Hall–Kier alpha value is -2.78.